The third-order valence-electron chi connectivity index (χ3n) is 4.46. The Morgan fingerprint density at radius 2 is 1.72 bits per heavy atom. The highest BCUT2D eigenvalue weighted by Crippen LogP contribution is 2.37. The summed E-state index contributed by atoms with van der Waals surface area (Å²) in [4.78, 5) is 1.53. The van der Waals surface area contributed by atoms with Crippen LogP contribution >= 0.6 is 0 Å². The van der Waals surface area contributed by atoms with Crippen LogP contribution in [0.25, 0.3) is 0 Å². The van der Waals surface area contributed by atoms with Crippen LogP contribution in [0.5, 0.6) is 0 Å². The number of alkyl halides is 3. The summed E-state index contributed by atoms with van der Waals surface area (Å²) in [6, 6.07) is -2.31. The largest absolute Gasteiger partial charge is 0.405 e. The molecule has 0 aromatic carbocycles. The Balaban J connectivity index is 2.73. The Labute approximate surface area is 108 Å². The van der Waals surface area contributed by atoms with E-state index in [1.807, 2.05) is 0 Å². The summed E-state index contributed by atoms with van der Waals surface area (Å²) in [5.41, 5.74) is 5.87. The van der Waals surface area contributed by atoms with E-state index in [1.165, 1.54) is 4.90 Å². The van der Waals surface area contributed by atoms with Crippen LogP contribution in [0.15, 0.2) is 0 Å². The van der Waals surface area contributed by atoms with E-state index in [0.29, 0.717) is 19.5 Å². The highest BCUT2D eigenvalue weighted by Gasteiger charge is 2.48. The molecule has 0 radical (unpaired) electrons. The standard InChI is InChI=1S/C13H25F3N2/c1-4-10(17)11(13(14,15)16)18-8-6-12(3,5-2)7-9-18/h10-11H,4-9,17H2,1-3H3. The van der Waals surface area contributed by atoms with Crippen molar-refractivity contribution < 1.29 is 13.2 Å². The van der Waals surface area contributed by atoms with Crippen molar-refractivity contribution in [3.63, 3.8) is 0 Å². The molecular formula is C13H25F3N2. The maximum atomic E-state index is 13.1. The smallest absolute Gasteiger partial charge is 0.326 e. The zero-order valence-electron chi connectivity index (χ0n) is 11.6. The molecule has 1 fully saturated rings. The Bertz CT molecular complexity index is 257. The number of likely N-dealkylation sites (tertiary alicyclic amines) is 1. The first-order valence-electron chi connectivity index (χ1n) is 6.80. The molecule has 0 aliphatic carbocycles. The molecule has 1 saturated heterocycles. The lowest BCUT2D eigenvalue weighted by Gasteiger charge is -2.44. The molecule has 1 aliphatic heterocycles. The van der Waals surface area contributed by atoms with Crippen molar-refractivity contribution in [2.24, 2.45) is 11.1 Å². The zero-order chi connectivity index (χ0) is 14.0. The number of piperidine rings is 1. The van der Waals surface area contributed by atoms with Gasteiger partial charge in [-0.3, -0.25) is 4.90 Å². The first kappa shape index (κ1) is 15.8. The van der Waals surface area contributed by atoms with Gasteiger partial charge in [-0.15, -0.1) is 0 Å². The molecule has 108 valence electrons. The molecule has 0 spiro atoms. The van der Waals surface area contributed by atoms with Crippen LogP contribution in [0.3, 0.4) is 0 Å². The lowest BCUT2D eigenvalue weighted by Crippen LogP contribution is -2.58. The van der Waals surface area contributed by atoms with E-state index in [1.54, 1.807) is 6.92 Å². The van der Waals surface area contributed by atoms with E-state index >= 15 is 0 Å². The molecule has 2 atom stereocenters. The lowest BCUT2D eigenvalue weighted by atomic mass is 9.77. The van der Waals surface area contributed by atoms with Gasteiger partial charge in [0, 0.05) is 6.04 Å². The van der Waals surface area contributed by atoms with E-state index in [2.05, 4.69) is 13.8 Å². The average molecular weight is 266 g/mol. The number of rotatable bonds is 4. The molecule has 2 N–H and O–H groups in total. The number of halogens is 3. The van der Waals surface area contributed by atoms with Gasteiger partial charge in [-0.2, -0.15) is 13.2 Å². The van der Waals surface area contributed by atoms with Crippen molar-refractivity contribution in [2.45, 2.75) is 64.7 Å². The summed E-state index contributed by atoms with van der Waals surface area (Å²) in [5.74, 6) is 0. The normalized spacial score (nSPS) is 24.8. The van der Waals surface area contributed by atoms with Gasteiger partial charge in [0.15, 0.2) is 0 Å². The molecule has 0 saturated carbocycles. The van der Waals surface area contributed by atoms with E-state index in [-0.39, 0.29) is 5.41 Å². The minimum atomic E-state index is -4.23. The SMILES string of the molecule is CCC(N)C(N1CCC(C)(CC)CC1)C(F)(F)F. The molecule has 0 amide bonds. The van der Waals surface area contributed by atoms with Crippen LogP contribution in [-0.2, 0) is 0 Å². The van der Waals surface area contributed by atoms with Gasteiger partial charge >= 0.3 is 6.18 Å². The minimum Gasteiger partial charge on any atom is -0.326 e. The topological polar surface area (TPSA) is 29.3 Å². The van der Waals surface area contributed by atoms with Gasteiger partial charge in [0.05, 0.1) is 0 Å². The van der Waals surface area contributed by atoms with Crippen LogP contribution in [0.1, 0.15) is 46.5 Å². The number of nitrogens with zero attached hydrogens (tertiary/aromatic N) is 1. The summed E-state index contributed by atoms with van der Waals surface area (Å²) in [5, 5.41) is 0. The van der Waals surface area contributed by atoms with Crippen molar-refractivity contribution in [1.82, 2.24) is 4.90 Å². The molecule has 0 aromatic rings. The Morgan fingerprint density at radius 3 is 2.06 bits per heavy atom. The first-order chi connectivity index (χ1) is 8.23. The summed E-state index contributed by atoms with van der Waals surface area (Å²) in [6.07, 6.45) is -1.20. The number of nitrogens with two attached hydrogens (primary N) is 1. The van der Waals surface area contributed by atoms with Gasteiger partial charge < -0.3 is 5.73 Å². The van der Waals surface area contributed by atoms with Gasteiger partial charge in [0.2, 0.25) is 0 Å². The molecule has 1 aliphatic rings. The Hall–Kier alpha value is -0.290. The van der Waals surface area contributed by atoms with E-state index in [9.17, 15) is 13.2 Å². The van der Waals surface area contributed by atoms with Crippen LogP contribution in [0.4, 0.5) is 13.2 Å². The predicted molar refractivity (Wildman–Crippen MR) is 67.3 cm³/mol. The van der Waals surface area contributed by atoms with E-state index < -0.39 is 18.3 Å². The third kappa shape index (κ3) is 3.60. The third-order valence-corrected chi connectivity index (χ3v) is 4.46. The molecule has 1 heterocycles. The molecule has 5 heteroatoms. The second-order valence-corrected chi connectivity index (χ2v) is 5.76. The molecule has 2 nitrogen and oxygen atoms in total. The van der Waals surface area contributed by atoms with Gasteiger partial charge in [0.25, 0.3) is 0 Å². The van der Waals surface area contributed by atoms with E-state index in [0.717, 1.165) is 19.3 Å². The summed E-state index contributed by atoms with van der Waals surface area (Å²) >= 11 is 0. The number of hydrogen-bond acceptors (Lipinski definition) is 2. The molecule has 1 rings (SSSR count). The average Bonchev–Trinajstić information content (AvgIpc) is 2.30. The summed E-state index contributed by atoms with van der Waals surface area (Å²) < 4.78 is 39.3. The highest BCUT2D eigenvalue weighted by atomic mass is 19.4. The van der Waals surface area contributed by atoms with Gasteiger partial charge in [-0.05, 0) is 37.8 Å². The lowest BCUT2D eigenvalue weighted by molar-refractivity contribution is -0.194. The van der Waals surface area contributed by atoms with Crippen molar-refractivity contribution >= 4 is 0 Å². The van der Waals surface area contributed by atoms with Crippen molar-refractivity contribution in [3.8, 4) is 0 Å². The maximum Gasteiger partial charge on any atom is 0.405 e. The van der Waals surface area contributed by atoms with Gasteiger partial charge in [-0.25, -0.2) is 0 Å². The van der Waals surface area contributed by atoms with E-state index in [4.69, 9.17) is 5.73 Å². The highest BCUT2D eigenvalue weighted by molar-refractivity contribution is 4.92. The Kier molecular flexibility index (Phi) is 5.06. The first-order valence-corrected chi connectivity index (χ1v) is 6.80. The fourth-order valence-electron chi connectivity index (χ4n) is 2.64. The minimum absolute atomic E-state index is 0.197. The van der Waals surface area contributed by atoms with Gasteiger partial charge in [-0.1, -0.05) is 27.2 Å². The second kappa shape index (κ2) is 5.78. The van der Waals surface area contributed by atoms with Crippen molar-refractivity contribution in [1.29, 1.82) is 0 Å². The fourth-order valence-corrected chi connectivity index (χ4v) is 2.64. The van der Waals surface area contributed by atoms with Crippen LogP contribution in [0, 0.1) is 5.41 Å². The maximum absolute atomic E-state index is 13.1. The molecular weight excluding hydrogens is 241 g/mol. The van der Waals surface area contributed by atoms with Crippen molar-refractivity contribution in [2.75, 3.05) is 13.1 Å². The van der Waals surface area contributed by atoms with Crippen LogP contribution in [0.2, 0.25) is 0 Å². The predicted octanol–water partition coefficient (Wildman–Crippen LogP) is 3.17. The monoisotopic (exact) mass is 266 g/mol. The van der Waals surface area contributed by atoms with Crippen LogP contribution in [-0.4, -0.2) is 36.2 Å². The molecule has 0 aromatic heterocycles. The molecule has 18 heavy (non-hydrogen) atoms. The molecule has 0 bridgehead atoms. The van der Waals surface area contributed by atoms with Crippen molar-refractivity contribution in [3.05, 3.63) is 0 Å². The summed E-state index contributed by atoms with van der Waals surface area (Å²) in [6.45, 7) is 6.98. The molecule has 2 unspecified atom stereocenters. The summed E-state index contributed by atoms with van der Waals surface area (Å²) in [7, 11) is 0. The fraction of sp³-hybridized carbons (Fsp3) is 1.00. The zero-order valence-corrected chi connectivity index (χ0v) is 11.6. The number of hydrogen-bond donors (Lipinski definition) is 1. The van der Waals surface area contributed by atoms with Gasteiger partial charge in [0.1, 0.15) is 6.04 Å². The van der Waals surface area contributed by atoms with Crippen LogP contribution < -0.4 is 5.73 Å². The quantitative estimate of drug-likeness (QED) is 0.847. The Morgan fingerprint density at radius 1 is 1.22 bits per heavy atom. The second-order valence-electron chi connectivity index (χ2n) is 5.76.